The van der Waals surface area contributed by atoms with Crippen LogP contribution in [0, 0.1) is 18.6 Å². The van der Waals surface area contributed by atoms with E-state index in [1.807, 2.05) is 0 Å². The van der Waals surface area contributed by atoms with E-state index in [1.165, 1.54) is 26.0 Å². The van der Waals surface area contributed by atoms with Gasteiger partial charge in [0.1, 0.15) is 17.2 Å². The van der Waals surface area contributed by atoms with Gasteiger partial charge in [0.15, 0.2) is 0 Å². The molecule has 2 nitrogen and oxygen atoms in total. The van der Waals surface area contributed by atoms with Crippen molar-refractivity contribution in [3.63, 3.8) is 0 Å². The van der Waals surface area contributed by atoms with Crippen LogP contribution in [0.2, 0.25) is 0 Å². The molecule has 0 aromatic heterocycles. The first-order chi connectivity index (χ1) is 6.40. The Morgan fingerprint density at radius 3 is 2.36 bits per heavy atom. The van der Waals surface area contributed by atoms with Crippen LogP contribution < -0.4 is 5.90 Å². The van der Waals surface area contributed by atoms with E-state index < -0.39 is 17.2 Å². The summed E-state index contributed by atoms with van der Waals surface area (Å²) < 4.78 is 26.9. The predicted molar refractivity (Wildman–Crippen MR) is 49.4 cm³/mol. The van der Waals surface area contributed by atoms with E-state index in [9.17, 15) is 8.78 Å². The summed E-state index contributed by atoms with van der Waals surface area (Å²) in [5.41, 5.74) is -0.938. The highest BCUT2D eigenvalue weighted by Crippen LogP contribution is 2.29. The molecule has 0 saturated carbocycles. The number of halogens is 2. The molecule has 4 heteroatoms. The van der Waals surface area contributed by atoms with E-state index in [-0.39, 0.29) is 5.56 Å². The lowest BCUT2D eigenvalue weighted by Crippen LogP contribution is -2.28. The number of hydrogen-bond acceptors (Lipinski definition) is 2. The minimum absolute atomic E-state index is 0.139. The minimum atomic E-state index is -1.17. The van der Waals surface area contributed by atoms with Gasteiger partial charge in [-0.1, -0.05) is 6.07 Å². The van der Waals surface area contributed by atoms with E-state index in [4.69, 9.17) is 5.90 Å². The van der Waals surface area contributed by atoms with Crippen LogP contribution >= 0.6 is 0 Å². The first-order valence-electron chi connectivity index (χ1n) is 4.23. The first kappa shape index (κ1) is 11.1. The minimum Gasteiger partial charge on any atom is -0.294 e. The summed E-state index contributed by atoms with van der Waals surface area (Å²) in [4.78, 5) is 4.56. The monoisotopic (exact) mass is 201 g/mol. The van der Waals surface area contributed by atoms with Gasteiger partial charge in [0.2, 0.25) is 0 Å². The average Bonchev–Trinajstić information content (AvgIpc) is 2.12. The molecule has 2 N–H and O–H groups in total. The molecule has 78 valence electrons. The summed E-state index contributed by atoms with van der Waals surface area (Å²) in [6, 6.07) is 2.58. The zero-order valence-corrected chi connectivity index (χ0v) is 8.40. The molecule has 0 bridgehead atoms. The average molecular weight is 201 g/mol. The fourth-order valence-corrected chi connectivity index (χ4v) is 1.27. The van der Waals surface area contributed by atoms with Gasteiger partial charge in [0.25, 0.3) is 0 Å². The topological polar surface area (TPSA) is 35.2 Å². The summed E-state index contributed by atoms with van der Waals surface area (Å²) in [7, 11) is 0. The summed E-state index contributed by atoms with van der Waals surface area (Å²) in [5, 5.41) is 0. The Morgan fingerprint density at radius 2 is 1.86 bits per heavy atom. The standard InChI is InChI=1S/C10H13F2NO/c1-6-4-5-7(11)8(9(6)12)10(2,3)14-13/h4-5H,13H2,1-3H3. The molecule has 0 unspecified atom stereocenters. The van der Waals surface area contributed by atoms with Gasteiger partial charge in [-0.25, -0.2) is 14.7 Å². The highest BCUT2D eigenvalue weighted by molar-refractivity contribution is 5.30. The largest absolute Gasteiger partial charge is 0.294 e. The molecular formula is C10H13F2NO. The van der Waals surface area contributed by atoms with Crippen LogP contribution in [0.3, 0.4) is 0 Å². The third-order valence-corrected chi connectivity index (χ3v) is 2.18. The summed E-state index contributed by atoms with van der Waals surface area (Å²) in [6.45, 7) is 4.58. The molecule has 0 spiro atoms. The number of hydrogen-bond donors (Lipinski definition) is 1. The van der Waals surface area contributed by atoms with Gasteiger partial charge in [-0.15, -0.1) is 0 Å². The highest BCUT2D eigenvalue weighted by Gasteiger charge is 2.29. The normalized spacial score (nSPS) is 11.9. The van der Waals surface area contributed by atoms with Crippen LogP contribution in [-0.2, 0) is 10.4 Å². The quantitative estimate of drug-likeness (QED) is 0.746. The van der Waals surface area contributed by atoms with Crippen molar-refractivity contribution in [2.45, 2.75) is 26.4 Å². The van der Waals surface area contributed by atoms with Crippen LogP contribution in [0.25, 0.3) is 0 Å². The van der Waals surface area contributed by atoms with E-state index in [1.54, 1.807) is 6.92 Å². The number of benzene rings is 1. The smallest absolute Gasteiger partial charge is 0.135 e. The lowest BCUT2D eigenvalue weighted by Gasteiger charge is -2.23. The van der Waals surface area contributed by atoms with Gasteiger partial charge < -0.3 is 0 Å². The molecule has 0 atom stereocenters. The Hall–Kier alpha value is -1.00. The van der Waals surface area contributed by atoms with Crippen LogP contribution in [0.15, 0.2) is 12.1 Å². The van der Waals surface area contributed by atoms with Crippen molar-refractivity contribution < 1.29 is 13.6 Å². The van der Waals surface area contributed by atoms with Gasteiger partial charge in [-0.2, -0.15) is 0 Å². The molecule has 0 amide bonds. The van der Waals surface area contributed by atoms with Crippen molar-refractivity contribution in [2.75, 3.05) is 0 Å². The zero-order valence-electron chi connectivity index (χ0n) is 8.40. The zero-order chi connectivity index (χ0) is 10.9. The van der Waals surface area contributed by atoms with Crippen molar-refractivity contribution in [1.29, 1.82) is 0 Å². The second-order valence-electron chi connectivity index (χ2n) is 3.68. The first-order valence-corrected chi connectivity index (χ1v) is 4.23. The van der Waals surface area contributed by atoms with E-state index in [0.29, 0.717) is 5.56 Å². The lowest BCUT2D eigenvalue weighted by molar-refractivity contribution is -0.0287. The van der Waals surface area contributed by atoms with Crippen LogP contribution in [0.4, 0.5) is 8.78 Å². The lowest BCUT2D eigenvalue weighted by atomic mass is 9.95. The van der Waals surface area contributed by atoms with Crippen molar-refractivity contribution in [3.05, 3.63) is 34.9 Å². The fourth-order valence-electron chi connectivity index (χ4n) is 1.27. The van der Waals surface area contributed by atoms with Gasteiger partial charge in [0, 0.05) is 0 Å². The number of aryl methyl sites for hydroxylation is 1. The van der Waals surface area contributed by atoms with Crippen LogP contribution in [0.5, 0.6) is 0 Å². The van der Waals surface area contributed by atoms with Gasteiger partial charge >= 0.3 is 0 Å². The molecule has 0 radical (unpaired) electrons. The summed E-state index contributed by atoms with van der Waals surface area (Å²) in [5.74, 6) is 3.73. The van der Waals surface area contributed by atoms with Gasteiger partial charge in [-0.05, 0) is 32.4 Å². The molecule has 1 aromatic carbocycles. The van der Waals surface area contributed by atoms with Gasteiger partial charge in [0.05, 0.1) is 5.56 Å². The van der Waals surface area contributed by atoms with Gasteiger partial charge in [-0.3, -0.25) is 4.84 Å². The third-order valence-electron chi connectivity index (χ3n) is 2.18. The molecule has 0 saturated heterocycles. The van der Waals surface area contributed by atoms with Crippen molar-refractivity contribution in [3.8, 4) is 0 Å². The van der Waals surface area contributed by atoms with Crippen molar-refractivity contribution in [1.82, 2.24) is 0 Å². The summed E-state index contributed by atoms with van der Waals surface area (Å²) >= 11 is 0. The maximum atomic E-state index is 13.6. The molecule has 1 aromatic rings. The van der Waals surface area contributed by atoms with E-state index >= 15 is 0 Å². The Labute approximate surface area is 81.6 Å². The molecule has 1 rings (SSSR count). The van der Waals surface area contributed by atoms with Crippen LogP contribution in [0.1, 0.15) is 25.0 Å². The third kappa shape index (κ3) is 1.76. The SMILES string of the molecule is Cc1ccc(F)c(C(C)(C)ON)c1F. The Morgan fingerprint density at radius 1 is 1.29 bits per heavy atom. The van der Waals surface area contributed by atoms with Crippen molar-refractivity contribution in [2.24, 2.45) is 5.90 Å². The Bertz CT molecular complexity index is 350. The molecule has 0 aliphatic carbocycles. The van der Waals surface area contributed by atoms with Crippen LogP contribution in [-0.4, -0.2) is 0 Å². The molecule has 0 aliphatic rings. The molecule has 14 heavy (non-hydrogen) atoms. The fraction of sp³-hybridized carbons (Fsp3) is 0.400. The van der Waals surface area contributed by atoms with E-state index in [0.717, 1.165) is 0 Å². The van der Waals surface area contributed by atoms with Crippen molar-refractivity contribution >= 4 is 0 Å². The molecule has 0 fully saturated rings. The van der Waals surface area contributed by atoms with E-state index in [2.05, 4.69) is 4.84 Å². The Kier molecular flexibility index (Phi) is 2.87. The second kappa shape index (κ2) is 3.63. The molecule has 0 heterocycles. The Balaban J connectivity index is 3.40. The second-order valence-corrected chi connectivity index (χ2v) is 3.68. The maximum absolute atomic E-state index is 13.6. The maximum Gasteiger partial charge on any atom is 0.135 e. The number of nitrogens with two attached hydrogens (primary N) is 1. The predicted octanol–water partition coefficient (Wildman–Crippen LogP) is 2.40. The number of rotatable bonds is 2. The molecule has 0 aliphatic heterocycles. The summed E-state index contributed by atoms with van der Waals surface area (Å²) in [6.07, 6.45) is 0. The molecular weight excluding hydrogens is 188 g/mol. The highest BCUT2D eigenvalue weighted by atomic mass is 19.1.